The third-order valence-electron chi connectivity index (χ3n) is 1.57. The highest BCUT2D eigenvalue weighted by Crippen LogP contribution is 2.23. The van der Waals surface area contributed by atoms with Crippen LogP contribution in [0.5, 0.6) is 0 Å². The molecule has 0 amide bonds. The molecule has 0 saturated heterocycles. The zero-order valence-corrected chi connectivity index (χ0v) is 8.29. The SMILES string of the molecule is CCc1sc(NC)nc1C(C)=O. The Morgan fingerprint density at radius 1 is 1.67 bits per heavy atom. The molecule has 0 saturated carbocycles. The summed E-state index contributed by atoms with van der Waals surface area (Å²) in [6, 6.07) is 0. The number of anilines is 1. The van der Waals surface area contributed by atoms with Gasteiger partial charge in [-0.05, 0) is 6.42 Å². The summed E-state index contributed by atoms with van der Waals surface area (Å²) in [5.74, 6) is 0.0459. The number of aryl methyl sites for hydroxylation is 1. The Bertz CT molecular complexity index is 293. The lowest BCUT2D eigenvalue weighted by atomic mass is 10.2. The fourth-order valence-corrected chi connectivity index (χ4v) is 1.88. The van der Waals surface area contributed by atoms with E-state index in [1.54, 1.807) is 18.3 Å². The molecule has 66 valence electrons. The zero-order valence-electron chi connectivity index (χ0n) is 7.47. The number of carbonyl (C=O) groups is 1. The standard InChI is InChI=1S/C8H12N2OS/c1-4-6-7(5(2)11)10-8(9-3)12-6/h4H2,1-3H3,(H,9,10). The number of hydrogen-bond acceptors (Lipinski definition) is 4. The van der Waals surface area contributed by atoms with Gasteiger partial charge in [-0.1, -0.05) is 6.92 Å². The van der Waals surface area contributed by atoms with Crippen LogP contribution < -0.4 is 5.32 Å². The Labute approximate surface area is 75.8 Å². The number of Topliss-reactive ketones (excluding diaryl/α,β-unsaturated/α-hetero) is 1. The second kappa shape index (κ2) is 3.67. The fraction of sp³-hybridized carbons (Fsp3) is 0.500. The molecule has 0 spiro atoms. The van der Waals surface area contributed by atoms with Crippen molar-refractivity contribution in [1.29, 1.82) is 0 Å². The Hall–Kier alpha value is -0.900. The van der Waals surface area contributed by atoms with Crippen LogP contribution in [0.15, 0.2) is 0 Å². The average Bonchev–Trinajstić information content (AvgIpc) is 2.47. The molecule has 1 heterocycles. The summed E-state index contributed by atoms with van der Waals surface area (Å²) >= 11 is 1.54. The van der Waals surface area contributed by atoms with Gasteiger partial charge >= 0.3 is 0 Å². The predicted molar refractivity (Wildman–Crippen MR) is 51.0 cm³/mol. The lowest BCUT2D eigenvalue weighted by Gasteiger charge is -1.90. The van der Waals surface area contributed by atoms with Crippen molar-refractivity contribution in [2.75, 3.05) is 12.4 Å². The lowest BCUT2D eigenvalue weighted by Crippen LogP contribution is -1.96. The third kappa shape index (κ3) is 1.64. The summed E-state index contributed by atoms with van der Waals surface area (Å²) in [4.78, 5) is 16.3. The van der Waals surface area contributed by atoms with Crippen LogP contribution in [0.3, 0.4) is 0 Å². The summed E-state index contributed by atoms with van der Waals surface area (Å²) in [7, 11) is 1.81. The van der Waals surface area contributed by atoms with Gasteiger partial charge in [-0.25, -0.2) is 4.98 Å². The quantitative estimate of drug-likeness (QED) is 0.730. The van der Waals surface area contributed by atoms with E-state index in [1.807, 2.05) is 14.0 Å². The molecule has 0 aliphatic heterocycles. The van der Waals surface area contributed by atoms with Gasteiger partial charge in [-0.3, -0.25) is 4.79 Å². The maximum atomic E-state index is 11.1. The Kier molecular flexibility index (Phi) is 2.81. The van der Waals surface area contributed by atoms with Crippen molar-refractivity contribution in [3.05, 3.63) is 10.6 Å². The summed E-state index contributed by atoms with van der Waals surface area (Å²) in [6.45, 7) is 3.58. The van der Waals surface area contributed by atoms with Crippen molar-refractivity contribution < 1.29 is 4.79 Å². The van der Waals surface area contributed by atoms with Gasteiger partial charge in [-0.15, -0.1) is 11.3 Å². The molecule has 0 radical (unpaired) electrons. The molecule has 0 atom stereocenters. The van der Waals surface area contributed by atoms with E-state index in [2.05, 4.69) is 10.3 Å². The fourth-order valence-electron chi connectivity index (χ4n) is 0.973. The van der Waals surface area contributed by atoms with Crippen molar-refractivity contribution in [1.82, 2.24) is 4.98 Å². The number of nitrogens with one attached hydrogen (secondary N) is 1. The van der Waals surface area contributed by atoms with E-state index in [1.165, 1.54) is 0 Å². The van der Waals surface area contributed by atoms with Crippen molar-refractivity contribution in [3.63, 3.8) is 0 Å². The van der Waals surface area contributed by atoms with Gasteiger partial charge in [-0.2, -0.15) is 0 Å². The van der Waals surface area contributed by atoms with E-state index < -0.39 is 0 Å². The molecular formula is C8H12N2OS. The smallest absolute Gasteiger partial charge is 0.183 e. The molecule has 0 aliphatic rings. The lowest BCUT2D eigenvalue weighted by molar-refractivity contribution is 0.101. The van der Waals surface area contributed by atoms with E-state index in [4.69, 9.17) is 0 Å². The highest BCUT2D eigenvalue weighted by Gasteiger charge is 2.11. The molecule has 12 heavy (non-hydrogen) atoms. The first kappa shape index (κ1) is 9.19. The Morgan fingerprint density at radius 2 is 2.33 bits per heavy atom. The average molecular weight is 184 g/mol. The third-order valence-corrected chi connectivity index (χ3v) is 2.78. The first-order chi connectivity index (χ1) is 5.69. The minimum Gasteiger partial charge on any atom is -0.365 e. The topological polar surface area (TPSA) is 42.0 Å². The normalized spacial score (nSPS) is 9.92. The van der Waals surface area contributed by atoms with Crippen molar-refractivity contribution in [2.45, 2.75) is 20.3 Å². The van der Waals surface area contributed by atoms with Gasteiger partial charge in [0.05, 0.1) is 0 Å². The number of carbonyl (C=O) groups excluding carboxylic acids is 1. The molecule has 0 fully saturated rings. The highest BCUT2D eigenvalue weighted by atomic mass is 32.1. The molecule has 0 unspecified atom stereocenters. The molecule has 0 aliphatic carbocycles. The monoisotopic (exact) mass is 184 g/mol. The first-order valence-electron chi connectivity index (χ1n) is 3.87. The predicted octanol–water partition coefficient (Wildman–Crippen LogP) is 1.95. The van der Waals surface area contributed by atoms with Gasteiger partial charge in [0, 0.05) is 18.8 Å². The number of ketones is 1. The van der Waals surface area contributed by atoms with Crippen LogP contribution in [0.4, 0.5) is 5.13 Å². The minimum absolute atomic E-state index is 0.0459. The van der Waals surface area contributed by atoms with E-state index in [9.17, 15) is 4.79 Å². The number of thiazole rings is 1. The maximum Gasteiger partial charge on any atom is 0.183 e. The largest absolute Gasteiger partial charge is 0.365 e. The van der Waals surface area contributed by atoms with Crippen LogP contribution in [0, 0.1) is 0 Å². The Balaban J connectivity index is 3.08. The van der Waals surface area contributed by atoms with Gasteiger partial charge in [0.25, 0.3) is 0 Å². The number of nitrogens with zero attached hydrogens (tertiary/aromatic N) is 1. The molecule has 0 aromatic carbocycles. The Morgan fingerprint density at radius 3 is 2.67 bits per heavy atom. The van der Waals surface area contributed by atoms with E-state index in [-0.39, 0.29) is 5.78 Å². The number of aromatic nitrogens is 1. The minimum atomic E-state index is 0.0459. The van der Waals surface area contributed by atoms with Crippen LogP contribution in [0.25, 0.3) is 0 Å². The molecular weight excluding hydrogens is 172 g/mol. The molecule has 1 N–H and O–H groups in total. The first-order valence-corrected chi connectivity index (χ1v) is 4.69. The van der Waals surface area contributed by atoms with Crippen LogP contribution in [-0.4, -0.2) is 17.8 Å². The summed E-state index contributed by atoms with van der Waals surface area (Å²) < 4.78 is 0. The van der Waals surface area contributed by atoms with Crippen LogP contribution in [0.1, 0.15) is 29.2 Å². The van der Waals surface area contributed by atoms with Crippen molar-refractivity contribution in [3.8, 4) is 0 Å². The summed E-state index contributed by atoms with van der Waals surface area (Å²) in [5.41, 5.74) is 0.617. The second-order valence-corrected chi connectivity index (χ2v) is 3.53. The molecule has 3 nitrogen and oxygen atoms in total. The van der Waals surface area contributed by atoms with Gasteiger partial charge in [0.15, 0.2) is 10.9 Å². The van der Waals surface area contributed by atoms with Crippen LogP contribution in [0.2, 0.25) is 0 Å². The van der Waals surface area contributed by atoms with Crippen molar-refractivity contribution in [2.24, 2.45) is 0 Å². The van der Waals surface area contributed by atoms with Crippen LogP contribution >= 0.6 is 11.3 Å². The van der Waals surface area contributed by atoms with E-state index >= 15 is 0 Å². The highest BCUT2D eigenvalue weighted by molar-refractivity contribution is 7.15. The number of rotatable bonds is 3. The maximum absolute atomic E-state index is 11.1. The summed E-state index contributed by atoms with van der Waals surface area (Å²) in [5, 5.41) is 3.75. The molecule has 0 bridgehead atoms. The second-order valence-electron chi connectivity index (χ2n) is 2.45. The molecule has 1 aromatic rings. The van der Waals surface area contributed by atoms with Crippen molar-refractivity contribution >= 4 is 22.3 Å². The summed E-state index contributed by atoms with van der Waals surface area (Å²) in [6.07, 6.45) is 0.869. The van der Waals surface area contributed by atoms with Crippen LogP contribution in [-0.2, 0) is 6.42 Å². The molecule has 1 aromatic heterocycles. The number of hydrogen-bond donors (Lipinski definition) is 1. The van der Waals surface area contributed by atoms with Gasteiger partial charge in [0.2, 0.25) is 0 Å². The van der Waals surface area contributed by atoms with Gasteiger partial charge in [0.1, 0.15) is 5.69 Å². The van der Waals surface area contributed by atoms with Gasteiger partial charge < -0.3 is 5.32 Å². The van der Waals surface area contributed by atoms with E-state index in [0.29, 0.717) is 5.69 Å². The molecule has 4 heteroatoms. The zero-order chi connectivity index (χ0) is 9.14. The van der Waals surface area contributed by atoms with E-state index in [0.717, 1.165) is 16.4 Å². The molecule has 1 rings (SSSR count).